The third-order valence-electron chi connectivity index (χ3n) is 5.09. The number of rotatable bonds is 4. The summed E-state index contributed by atoms with van der Waals surface area (Å²) >= 11 is 5.78. The number of halogens is 3. The Balaban J connectivity index is 1.42. The number of hydrogen-bond acceptors (Lipinski definition) is 4. The molecule has 1 aliphatic heterocycles. The highest BCUT2D eigenvalue weighted by Gasteiger charge is 2.27. The third kappa shape index (κ3) is 4.57. The summed E-state index contributed by atoms with van der Waals surface area (Å²) in [4.78, 5) is 14.7. The van der Waals surface area contributed by atoms with E-state index >= 15 is 0 Å². The van der Waals surface area contributed by atoms with Gasteiger partial charge in [-0.2, -0.15) is 0 Å². The molecule has 0 saturated carbocycles. The lowest BCUT2D eigenvalue weighted by Crippen LogP contribution is -2.41. The first-order chi connectivity index (χ1) is 14.5. The minimum Gasteiger partial charge on any atom is -0.354 e. The van der Waals surface area contributed by atoms with E-state index < -0.39 is 5.82 Å². The first-order valence-corrected chi connectivity index (χ1v) is 9.98. The molecular weight excluding hydrogens is 410 g/mol. The molecule has 1 unspecified atom stereocenters. The Morgan fingerprint density at radius 2 is 1.87 bits per heavy atom. The summed E-state index contributed by atoms with van der Waals surface area (Å²) in [5.74, 6) is -0.521. The molecule has 1 aromatic heterocycles. The number of carbonyl (C=O) groups excluding carboxylic acids is 1. The standard InChI is InChI=1S/C22H19ClF2N4O/c23-18-12-17(7-8-19(18)25)26-22(30)15-2-1-11-29(13-15)21-10-9-20(27-28-21)14-3-5-16(24)6-4-14/h3-10,12,15H,1-2,11,13H2,(H,26,30). The molecule has 154 valence electrons. The van der Waals surface area contributed by atoms with Gasteiger partial charge in [-0.05, 0) is 67.4 Å². The van der Waals surface area contributed by atoms with Crippen molar-refractivity contribution in [1.82, 2.24) is 10.2 Å². The lowest BCUT2D eigenvalue weighted by Gasteiger charge is -2.32. The molecular formula is C22H19ClF2N4O. The van der Waals surface area contributed by atoms with Gasteiger partial charge in [0, 0.05) is 24.3 Å². The van der Waals surface area contributed by atoms with Gasteiger partial charge in [-0.15, -0.1) is 10.2 Å². The average molecular weight is 429 g/mol. The molecule has 2 aromatic carbocycles. The fourth-order valence-electron chi connectivity index (χ4n) is 3.49. The monoisotopic (exact) mass is 428 g/mol. The fraction of sp³-hybridized carbons (Fsp3) is 0.227. The normalized spacial score (nSPS) is 16.4. The van der Waals surface area contributed by atoms with E-state index in [0.29, 0.717) is 23.7 Å². The Morgan fingerprint density at radius 3 is 2.57 bits per heavy atom. The summed E-state index contributed by atoms with van der Waals surface area (Å²) in [5, 5.41) is 11.3. The molecule has 1 N–H and O–H groups in total. The van der Waals surface area contributed by atoms with Crippen LogP contribution in [0.1, 0.15) is 12.8 Å². The lowest BCUT2D eigenvalue weighted by molar-refractivity contribution is -0.120. The number of amides is 1. The molecule has 3 aromatic rings. The summed E-state index contributed by atoms with van der Waals surface area (Å²) in [6, 6.07) is 13.9. The van der Waals surface area contributed by atoms with Crippen molar-refractivity contribution in [3.8, 4) is 11.3 Å². The van der Waals surface area contributed by atoms with Crippen molar-refractivity contribution in [2.75, 3.05) is 23.3 Å². The van der Waals surface area contributed by atoms with E-state index in [9.17, 15) is 13.6 Å². The molecule has 0 bridgehead atoms. The topological polar surface area (TPSA) is 58.1 Å². The summed E-state index contributed by atoms with van der Waals surface area (Å²) in [5.41, 5.74) is 1.90. The van der Waals surface area contributed by atoms with Crippen LogP contribution in [0, 0.1) is 17.6 Å². The third-order valence-corrected chi connectivity index (χ3v) is 5.38. The zero-order valence-electron chi connectivity index (χ0n) is 16.0. The number of hydrogen-bond donors (Lipinski definition) is 1. The van der Waals surface area contributed by atoms with Crippen molar-refractivity contribution < 1.29 is 13.6 Å². The van der Waals surface area contributed by atoms with Crippen LogP contribution in [-0.2, 0) is 4.79 Å². The molecule has 0 aliphatic carbocycles. The first-order valence-electron chi connectivity index (χ1n) is 9.60. The summed E-state index contributed by atoms with van der Waals surface area (Å²) in [6.07, 6.45) is 1.59. The highest BCUT2D eigenvalue weighted by molar-refractivity contribution is 6.31. The number of aromatic nitrogens is 2. The Hall–Kier alpha value is -3.06. The maximum absolute atomic E-state index is 13.3. The van der Waals surface area contributed by atoms with Gasteiger partial charge in [-0.1, -0.05) is 11.6 Å². The van der Waals surface area contributed by atoms with Gasteiger partial charge in [-0.25, -0.2) is 8.78 Å². The van der Waals surface area contributed by atoms with Crippen LogP contribution in [0.15, 0.2) is 54.6 Å². The maximum atomic E-state index is 13.3. The van der Waals surface area contributed by atoms with E-state index in [0.717, 1.165) is 24.9 Å². The van der Waals surface area contributed by atoms with Crippen LogP contribution in [0.3, 0.4) is 0 Å². The Bertz CT molecular complexity index is 1040. The smallest absolute Gasteiger partial charge is 0.229 e. The van der Waals surface area contributed by atoms with Crippen LogP contribution in [0.4, 0.5) is 20.3 Å². The molecule has 1 fully saturated rings. The van der Waals surface area contributed by atoms with Gasteiger partial charge in [0.2, 0.25) is 5.91 Å². The second kappa shape index (κ2) is 8.75. The van der Waals surface area contributed by atoms with Gasteiger partial charge in [0.05, 0.1) is 16.6 Å². The molecule has 0 spiro atoms. The molecule has 2 heterocycles. The first kappa shape index (κ1) is 20.2. The molecule has 4 rings (SSSR count). The van der Waals surface area contributed by atoms with Crippen molar-refractivity contribution in [3.05, 3.63) is 71.3 Å². The Morgan fingerprint density at radius 1 is 1.07 bits per heavy atom. The van der Waals surface area contributed by atoms with Crippen molar-refractivity contribution >= 4 is 29.0 Å². The summed E-state index contributed by atoms with van der Waals surface area (Å²) < 4.78 is 26.4. The highest BCUT2D eigenvalue weighted by atomic mass is 35.5. The number of anilines is 2. The Kier molecular flexibility index (Phi) is 5.90. The largest absolute Gasteiger partial charge is 0.354 e. The van der Waals surface area contributed by atoms with E-state index in [2.05, 4.69) is 15.5 Å². The van der Waals surface area contributed by atoms with Gasteiger partial charge in [-0.3, -0.25) is 4.79 Å². The van der Waals surface area contributed by atoms with Crippen LogP contribution < -0.4 is 10.2 Å². The molecule has 5 nitrogen and oxygen atoms in total. The molecule has 0 radical (unpaired) electrons. The van der Waals surface area contributed by atoms with E-state index in [-0.39, 0.29) is 22.7 Å². The zero-order valence-corrected chi connectivity index (χ0v) is 16.7. The fourth-order valence-corrected chi connectivity index (χ4v) is 3.67. The van der Waals surface area contributed by atoms with Crippen LogP contribution >= 0.6 is 11.6 Å². The van der Waals surface area contributed by atoms with Crippen molar-refractivity contribution in [3.63, 3.8) is 0 Å². The van der Waals surface area contributed by atoms with Gasteiger partial charge in [0.15, 0.2) is 5.82 Å². The summed E-state index contributed by atoms with van der Waals surface area (Å²) in [7, 11) is 0. The molecule has 1 aliphatic rings. The van der Waals surface area contributed by atoms with E-state index in [1.165, 1.54) is 30.3 Å². The molecule has 1 atom stereocenters. The van der Waals surface area contributed by atoms with Crippen molar-refractivity contribution in [1.29, 1.82) is 0 Å². The van der Waals surface area contributed by atoms with Crippen LogP contribution in [-0.4, -0.2) is 29.2 Å². The SMILES string of the molecule is O=C(Nc1ccc(F)c(Cl)c1)C1CCCN(c2ccc(-c3ccc(F)cc3)nn2)C1. The van der Waals surface area contributed by atoms with Gasteiger partial charge >= 0.3 is 0 Å². The van der Waals surface area contributed by atoms with Crippen LogP contribution in [0.25, 0.3) is 11.3 Å². The molecule has 1 amide bonds. The molecule has 30 heavy (non-hydrogen) atoms. The van der Waals surface area contributed by atoms with Gasteiger partial charge in [0.25, 0.3) is 0 Å². The second-order valence-corrected chi connectivity index (χ2v) is 7.59. The van der Waals surface area contributed by atoms with E-state index in [1.807, 2.05) is 17.0 Å². The molecule has 8 heteroatoms. The Labute approximate surface area is 177 Å². The lowest BCUT2D eigenvalue weighted by atomic mass is 9.97. The van der Waals surface area contributed by atoms with E-state index in [1.54, 1.807) is 12.1 Å². The number of benzene rings is 2. The van der Waals surface area contributed by atoms with Crippen molar-refractivity contribution in [2.45, 2.75) is 12.8 Å². The average Bonchev–Trinajstić information content (AvgIpc) is 2.77. The van der Waals surface area contributed by atoms with Gasteiger partial charge in [0.1, 0.15) is 11.6 Å². The number of piperidine rings is 1. The maximum Gasteiger partial charge on any atom is 0.229 e. The van der Waals surface area contributed by atoms with Crippen LogP contribution in [0.5, 0.6) is 0 Å². The predicted molar refractivity (Wildman–Crippen MR) is 112 cm³/mol. The summed E-state index contributed by atoms with van der Waals surface area (Å²) in [6.45, 7) is 1.28. The number of nitrogens with one attached hydrogen (secondary N) is 1. The van der Waals surface area contributed by atoms with Crippen LogP contribution in [0.2, 0.25) is 5.02 Å². The minimum absolute atomic E-state index is 0.0328. The second-order valence-electron chi connectivity index (χ2n) is 7.19. The van der Waals surface area contributed by atoms with Gasteiger partial charge < -0.3 is 10.2 Å². The highest BCUT2D eigenvalue weighted by Crippen LogP contribution is 2.25. The molecule has 1 saturated heterocycles. The van der Waals surface area contributed by atoms with E-state index in [4.69, 9.17) is 11.6 Å². The van der Waals surface area contributed by atoms with Crippen molar-refractivity contribution in [2.24, 2.45) is 5.92 Å². The zero-order chi connectivity index (χ0) is 21.1. The quantitative estimate of drug-likeness (QED) is 0.640. The minimum atomic E-state index is -0.527. The number of carbonyl (C=O) groups is 1. The predicted octanol–water partition coefficient (Wildman–Crippen LogP) is 4.93. The number of nitrogens with zero attached hydrogens (tertiary/aromatic N) is 3.